The highest BCUT2D eigenvalue weighted by molar-refractivity contribution is 5.94. The number of likely N-dealkylation sites (tertiary alicyclic amines) is 1. The Bertz CT molecular complexity index is 851. The van der Waals surface area contributed by atoms with Crippen molar-refractivity contribution in [2.24, 2.45) is 5.92 Å². The average Bonchev–Trinajstić information content (AvgIpc) is 2.72. The van der Waals surface area contributed by atoms with Gasteiger partial charge in [0.25, 0.3) is 0 Å². The number of nitrogens with one attached hydrogen (secondary N) is 1. The largest absolute Gasteiger partial charge is 0.497 e. The highest BCUT2D eigenvalue weighted by atomic mass is 16.5. The topological polar surface area (TPSA) is 71.5 Å². The van der Waals surface area contributed by atoms with Gasteiger partial charge >= 0.3 is 0 Å². The molecule has 0 spiro atoms. The van der Waals surface area contributed by atoms with E-state index in [1.807, 2.05) is 48.2 Å². The molecule has 0 bridgehead atoms. The van der Waals surface area contributed by atoms with Crippen molar-refractivity contribution in [2.45, 2.75) is 45.6 Å². The van der Waals surface area contributed by atoms with Crippen LogP contribution in [0.4, 0.5) is 5.82 Å². The Labute approximate surface area is 172 Å². The number of nitrogens with zero attached hydrogens (tertiary/aromatic N) is 2. The Morgan fingerprint density at radius 2 is 2.00 bits per heavy atom. The molecule has 1 aromatic carbocycles. The third-order valence-electron chi connectivity index (χ3n) is 5.39. The zero-order valence-corrected chi connectivity index (χ0v) is 17.4. The number of hydrogen-bond acceptors (Lipinski definition) is 4. The molecular formula is C23H29N3O3. The van der Waals surface area contributed by atoms with Crippen molar-refractivity contribution in [3.8, 4) is 5.75 Å². The Morgan fingerprint density at radius 1 is 1.24 bits per heavy atom. The van der Waals surface area contributed by atoms with Crippen molar-refractivity contribution in [3.63, 3.8) is 0 Å². The lowest BCUT2D eigenvalue weighted by Gasteiger charge is -2.41. The van der Waals surface area contributed by atoms with Crippen molar-refractivity contribution < 1.29 is 14.3 Å². The molecule has 0 saturated carbocycles. The molecule has 2 aromatic rings. The van der Waals surface area contributed by atoms with Gasteiger partial charge in [0.2, 0.25) is 11.8 Å². The lowest BCUT2D eigenvalue weighted by Crippen LogP contribution is -2.47. The number of carbonyl (C=O) groups is 2. The van der Waals surface area contributed by atoms with Gasteiger partial charge in [0.15, 0.2) is 0 Å². The first-order valence-corrected chi connectivity index (χ1v) is 10.2. The Morgan fingerprint density at radius 3 is 2.66 bits per heavy atom. The van der Waals surface area contributed by atoms with Crippen molar-refractivity contribution in [1.29, 1.82) is 0 Å². The van der Waals surface area contributed by atoms with Gasteiger partial charge in [-0.2, -0.15) is 0 Å². The van der Waals surface area contributed by atoms with Gasteiger partial charge < -0.3 is 15.0 Å². The number of aromatic nitrogens is 1. The highest BCUT2D eigenvalue weighted by Gasteiger charge is 2.40. The normalized spacial score (nSPS) is 19.1. The molecule has 1 aliphatic heterocycles. The number of rotatable bonds is 7. The smallest absolute Gasteiger partial charge is 0.231 e. The van der Waals surface area contributed by atoms with Gasteiger partial charge in [-0.3, -0.25) is 9.59 Å². The van der Waals surface area contributed by atoms with Crippen molar-refractivity contribution >= 4 is 17.6 Å². The fourth-order valence-electron chi connectivity index (χ4n) is 3.86. The van der Waals surface area contributed by atoms with Crippen LogP contribution in [-0.4, -0.2) is 35.4 Å². The van der Waals surface area contributed by atoms with Crippen LogP contribution in [0.2, 0.25) is 0 Å². The summed E-state index contributed by atoms with van der Waals surface area (Å²) in [5.74, 6) is 0.969. The van der Waals surface area contributed by atoms with Crippen LogP contribution >= 0.6 is 0 Å². The molecule has 1 aliphatic rings. The van der Waals surface area contributed by atoms with E-state index in [2.05, 4.69) is 17.2 Å². The maximum Gasteiger partial charge on any atom is 0.231 e. The molecule has 1 fully saturated rings. The molecule has 2 amide bonds. The standard InChI is InChI=1S/C23H29N3O3/c1-4-5-15-26-21(27)14-13-19(22(26)17-9-11-18(29-3)12-10-17)23(28)25-20-8-6-7-16(2)24-20/h6-12,19,22H,4-5,13-15H2,1-3H3,(H,24,25,28)/t19-,22+/m0/s1. The average molecular weight is 396 g/mol. The predicted molar refractivity (Wildman–Crippen MR) is 113 cm³/mol. The number of carbonyl (C=O) groups excluding carboxylic acids is 2. The van der Waals surface area contributed by atoms with Crippen LogP contribution in [0, 0.1) is 12.8 Å². The number of benzene rings is 1. The van der Waals surface area contributed by atoms with E-state index >= 15 is 0 Å². The van der Waals surface area contributed by atoms with Gasteiger partial charge in [0, 0.05) is 18.7 Å². The van der Waals surface area contributed by atoms with Gasteiger partial charge in [0.1, 0.15) is 11.6 Å². The highest BCUT2D eigenvalue weighted by Crippen LogP contribution is 2.38. The lowest BCUT2D eigenvalue weighted by molar-refractivity contribution is -0.142. The van der Waals surface area contributed by atoms with Crippen LogP contribution in [0.5, 0.6) is 5.75 Å². The summed E-state index contributed by atoms with van der Waals surface area (Å²) in [6, 6.07) is 12.9. The number of anilines is 1. The molecule has 3 rings (SSSR count). The molecule has 1 saturated heterocycles. The molecule has 29 heavy (non-hydrogen) atoms. The Balaban J connectivity index is 1.90. The summed E-state index contributed by atoms with van der Waals surface area (Å²) in [4.78, 5) is 32.2. The molecular weight excluding hydrogens is 366 g/mol. The van der Waals surface area contributed by atoms with Crippen LogP contribution in [0.25, 0.3) is 0 Å². The minimum absolute atomic E-state index is 0.0992. The van der Waals surface area contributed by atoms with E-state index in [-0.39, 0.29) is 23.8 Å². The number of pyridine rings is 1. The number of hydrogen-bond donors (Lipinski definition) is 1. The molecule has 1 N–H and O–H groups in total. The first-order valence-electron chi connectivity index (χ1n) is 10.2. The van der Waals surface area contributed by atoms with Crippen molar-refractivity contribution in [3.05, 3.63) is 53.7 Å². The SMILES string of the molecule is CCCCN1C(=O)CC[C@H](C(=O)Nc2cccc(C)n2)[C@H]1c1ccc(OC)cc1. The number of ether oxygens (including phenoxy) is 1. The maximum atomic E-state index is 13.2. The Hall–Kier alpha value is -2.89. The van der Waals surface area contributed by atoms with Gasteiger partial charge in [-0.15, -0.1) is 0 Å². The summed E-state index contributed by atoms with van der Waals surface area (Å²) in [7, 11) is 1.62. The lowest BCUT2D eigenvalue weighted by atomic mass is 9.83. The van der Waals surface area contributed by atoms with Gasteiger partial charge in [-0.25, -0.2) is 4.98 Å². The second-order valence-corrected chi connectivity index (χ2v) is 7.46. The van der Waals surface area contributed by atoms with E-state index in [1.54, 1.807) is 13.2 Å². The van der Waals surface area contributed by atoms with Gasteiger partial charge in [-0.05, 0) is 49.6 Å². The second kappa shape index (κ2) is 9.54. The first-order chi connectivity index (χ1) is 14.0. The third kappa shape index (κ3) is 4.94. The molecule has 2 heterocycles. The van der Waals surface area contributed by atoms with Crippen LogP contribution in [0.3, 0.4) is 0 Å². The minimum Gasteiger partial charge on any atom is -0.497 e. The van der Waals surface area contributed by atoms with E-state index < -0.39 is 0 Å². The fourth-order valence-corrected chi connectivity index (χ4v) is 3.86. The molecule has 1 aromatic heterocycles. The summed E-state index contributed by atoms with van der Waals surface area (Å²) in [5, 5.41) is 2.95. The second-order valence-electron chi connectivity index (χ2n) is 7.46. The maximum absolute atomic E-state index is 13.2. The van der Waals surface area contributed by atoms with Gasteiger partial charge in [0.05, 0.1) is 19.1 Å². The summed E-state index contributed by atoms with van der Waals surface area (Å²) in [6.45, 7) is 4.64. The van der Waals surface area contributed by atoms with Crippen LogP contribution < -0.4 is 10.1 Å². The zero-order chi connectivity index (χ0) is 20.8. The Kier molecular flexibility index (Phi) is 6.86. The summed E-state index contributed by atoms with van der Waals surface area (Å²) < 4.78 is 5.27. The first kappa shape index (κ1) is 20.8. The van der Waals surface area contributed by atoms with E-state index in [4.69, 9.17) is 4.74 Å². The van der Waals surface area contributed by atoms with E-state index in [0.29, 0.717) is 25.2 Å². The molecule has 0 radical (unpaired) electrons. The molecule has 6 nitrogen and oxygen atoms in total. The van der Waals surface area contributed by atoms with Crippen LogP contribution in [0.15, 0.2) is 42.5 Å². The predicted octanol–water partition coefficient (Wildman–Crippen LogP) is 4.12. The van der Waals surface area contributed by atoms with E-state index in [1.165, 1.54) is 0 Å². The number of amides is 2. The fraction of sp³-hybridized carbons (Fsp3) is 0.435. The molecule has 0 aliphatic carbocycles. The third-order valence-corrected chi connectivity index (χ3v) is 5.39. The van der Waals surface area contributed by atoms with Crippen LogP contribution in [0.1, 0.15) is 49.9 Å². The zero-order valence-electron chi connectivity index (χ0n) is 17.4. The van der Waals surface area contributed by atoms with E-state index in [9.17, 15) is 9.59 Å². The molecule has 0 unspecified atom stereocenters. The van der Waals surface area contributed by atoms with E-state index in [0.717, 1.165) is 29.8 Å². The number of piperidine rings is 1. The molecule has 6 heteroatoms. The number of methoxy groups -OCH3 is 1. The van der Waals surface area contributed by atoms with Gasteiger partial charge in [-0.1, -0.05) is 31.5 Å². The van der Waals surface area contributed by atoms with Crippen molar-refractivity contribution in [1.82, 2.24) is 9.88 Å². The summed E-state index contributed by atoms with van der Waals surface area (Å²) in [6.07, 6.45) is 2.81. The summed E-state index contributed by atoms with van der Waals surface area (Å²) in [5.41, 5.74) is 1.80. The summed E-state index contributed by atoms with van der Waals surface area (Å²) >= 11 is 0. The quantitative estimate of drug-likeness (QED) is 0.766. The van der Waals surface area contributed by atoms with Crippen LogP contribution in [-0.2, 0) is 9.59 Å². The number of unbranched alkanes of at least 4 members (excludes halogenated alkanes) is 1. The molecule has 2 atom stereocenters. The monoisotopic (exact) mass is 395 g/mol. The minimum atomic E-state index is -0.333. The number of aryl methyl sites for hydroxylation is 1. The van der Waals surface area contributed by atoms with Crippen molar-refractivity contribution in [2.75, 3.05) is 19.0 Å². The molecule has 154 valence electrons.